The first kappa shape index (κ1) is 11.9. The molecule has 0 atom stereocenters. The van der Waals surface area contributed by atoms with Gasteiger partial charge in [0.05, 0.1) is 6.20 Å². The lowest BCUT2D eigenvalue weighted by Crippen LogP contribution is -2.17. The molecule has 100 valence electrons. The molecule has 1 aliphatic carbocycles. The Morgan fingerprint density at radius 2 is 2.37 bits per heavy atom. The van der Waals surface area contributed by atoms with Gasteiger partial charge in [0.15, 0.2) is 0 Å². The van der Waals surface area contributed by atoms with Crippen molar-refractivity contribution in [2.24, 2.45) is 0 Å². The van der Waals surface area contributed by atoms with Gasteiger partial charge in [0.25, 0.3) is 0 Å². The molecule has 0 aliphatic heterocycles. The molecule has 1 saturated carbocycles. The maximum Gasteiger partial charge on any atom is 0.231 e. The van der Waals surface area contributed by atoms with Crippen molar-refractivity contribution in [3.63, 3.8) is 0 Å². The Bertz CT molecular complexity index is 583. The molecule has 0 saturated heterocycles. The van der Waals surface area contributed by atoms with Gasteiger partial charge in [-0.15, -0.1) is 10.2 Å². The van der Waals surface area contributed by atoms with Crippen LogP contribution in [0.1, 0.15) is 30.9 Å². The summed E-state index contributed by atoms with van der Waals surface area (Å²) in [6.45, 7) is 2.54. The van der Waals surface area contributed by atoms with E-state index in [0.29, 0.717) is 25.0 Å². The maximum absolute atomic E-state index is 11.9. The summed E-state index contributed by atoms with van der Waals surface area (Å²) >= 11 is 0. The van der Waals surface area contributed by atoms with E-state index in [1.54, 1.807) is 17.2 Å². The number of aryl methyl sites for hydroxylation is 2. The second kappa shape index (κ2) is 4.83. The fraction of sp³-hybridized carbons (Fsp3) is 0.500. The lowest BCUT2D eigenvalue weighted by atomic mass is 10.4. The molecule has 1 amide bonds. The summed E-state index contributed by atoms with van der Waals surface area (Å²) in [4.78, 5) is 11.9. The number of nitrogens with zero attached hydrogens (tertiary/aromatic N) is 5. The number of hydrogen-bond donors (Lipinski definition) is 1. The average molecular weight is 260 g/mol. The van der Waals surface area contributed by atoms with Crippen LogP contribution in [0.4, 0.5) is 5.95 Å². The molecule has 2 heterocycles. The summed E-state index contributed by atoms with van der Waals surface area (Å²) in [7, 11) is 0. The van der Waals surface area contributed by atoms with Crippen molar-refractivity contribution in [3.8, 4) is 0 Å². The first-order chi connectivity index (χ1) is 9.22. The van der Waals surface area contributed by atoms with E-state index in [9.17, 15) is 4.79 Å². The van der Waals surface area contributed by atoms with Gasteiger partial charge in [0, 0.05) is 25.2 Å². The number of carbonyl (C=O) groups excluding carboxylic acids is 1. The van der Waals surface area contributed by atoms with E-state index in [4.69, 9.17) is 0 Å². The SMILES string of the molecule is Cc1cnn(CCC(=O)Nc2nncn2C2CC2)c1. The molecule has 1 N–H and O–H groups in total. The van der Waals surface area contributed by atoms with Crippen molar-refractivity contribution < 1.29 is 4.79 Å². The zero-order valence-corrected chi connectivity index (χ0v) is 10.8. The molecule has 3 rings (SSSR count). The third-order valence-corrected chi connectivity index (χ3v) is 3.09. The molecule has 0 aromatic carbocycles. The van der Waals surface area contributed by atoms with Crippen LogP contribution in [0.3, 0.4) is 0 Å². The van der Waals surface area contributed by atoms with Gasteiger partial charge in [-0.3, -0.25) is 19.4 Å². The van der Waals surface area contributed by atoms with Crippen molar-refractivity contribution in [1.29, 1.82) is 0 Å². The normalized spacial score (nSPS) is 14.6. The van der Waals surface area contributed by atoms with Crippen LogP contribution < -0.4 is 5.32 Å². The van der Waals surface area contributed by atoms with Crippen LogP contribution in [0.5, 0.6) is 0 Å². The molecular weight excluding hydrogens is 244 g/mol. The highest BCUT2D eigenvalue weighted by atomic mass is 16.1. The van der Waals surface area contributed by atoms with Gasteiger partial charge in [-0.2, -0.15) is 5.10 Å². The van der Waals surface area contributed by atoms with Crippen molar-refractivity contribution >= 4 is 11.9 Å². The summed E-state index contributed by atoms with van der Waals surface area (Å²) in [5, 5.41) is 14.7. The van der Waals surface area contributed by atoms with Crippen LogP contribution in [-0.4, -0.2) is 30.5 Å². The Balaban J connectivity index is 1.54. The van der Waals surface area contributed by atoms with Crippen molar-refractivity contribution in [2.75, 3.05) is 5.32 Å². The third-order valence-electron chi connectivity index (χ3n) is 3.09. The van der Waals surface area contributed by atoms with Crippen LogP contribution in [0, 0.1) is 6.92 Å². The van der Waals surface area contributed by atoms with E-state index < -0.39 is 0 Å². The summed E-state index contributed by atoms with van der Waals surface area (Å²) < 4.78 is 3.69. The molecule has 2 aromatic heterocycles. The quantitative estimate of drug-likeness (QED) is 0.874. The van der Waals surface area contributed by atoms with E-state index in [1.165, 1.54) is 0 Å². The van der Waals surface area contributed by atoms with Crippen molar-refractivity contribution in [1.82, 2.24) is 24.5 Å². The van der Waals surface area contributed by atoms with Crippen LogP contribution in [0.15, 0.2) is 18.7 Å². The predicted molar refractivity (Wildman–Crippen MR) is 68.5 cm³/mol. The summed E-state index contributed by atoms with van der Waals surface area (Å²) in [5.74, 6) is 0.479. The molecule has 0 bridgehead atoms. The topological polar surface area (TPSA) is 77.6 Å². The minimum atomic E-state index is -0.0666. The van der Waals surface area contributed by atoms with E-state index in [1.807, 2.05) is 17.7 Å². The predicted octanol–water partition coefficient (Wildman–Crippen LogP) is 1.15. The second-order valence-electron chi connectivity index (χ2n) is 4.87. The molecular formula is C12H16N6O. The number of hydrogen-bond acceptors (Lipinski definition) is 4. The van der Waals surface area contributed by atoms with Crippen LogP contribution in [0.2, 0.25) is 0 Å². The number of nitrogens with one attached hydrogen (secondary N) is 1. The summed E-state index contributed by atoms with van der Waals surface area (Å²) in [5.41, 5.74) is 1.09. The standard InChI is InChI=1S/C12H16N6O/c1-9-6-14-17(7-9)5-4-11(19)15-12-16-13-8-18(12)10-2-3-10/h6-8,10H,2-5H2,1H3,(H,15,16,19). The zero-order valence-electron chi connectivity index (χ0n) is 10.8. The molecule has 2 aromatic rings. The molecule has 0 spiro atoms. The molecule has 7 heteroatoms. The van der Waals surface area contributed by atoms with E-state index in [0.717, 1.165) is 18.4 Å². The number of aromatic nitrogens is 5. The van der Waals surface area contributed by atoms with Gasteiger partial charge < -0.3 is 0 Å². The summed E-state index contributed by atoms with van der Waals surface area (Å²) in [6.07, 6.45) is 8.01. The Labute approximate surface area is 110 Å². The smallest absolute Gasteiger partial charge is 0.231 e. The fourth-order valence-corrected chi connectivity index (χ4v) is 1.94. The lowest BCUT2D eigenvalue weighted by molar-refractivity contribution is -0.116. The van der Waals surface area contributed by atoms with Gasteiger partial charge in [0.2, 0.25) is 11.9 Å². The minimum Gasteiger partial charge on any atom is -0.297 e. The Morgan fingerprint density at radius 3 is 3.05 bits per heavy atom. The van der Waals surface area contributed by atoms with Crippen LogP contribution in [-0.2, 0) is 11.3 Å². The van der Waals surface area contributed by atoms with Gasteiger partial charge in [-0.25, -0.2) is 0 Å². The number of anilines is 1. The van der Waals surface area contributed by atoms with E-state index in [2.05, 4.69) is 20.6 Å². The zero-order chi connectivity index (χ0) is 13.2. The van der Waals surface area contributed by atoms with Gasteiger partial charge >= 0.3 is 0 Å². The number of carbonyl (C=O) groups is 1. The molecule has 7 nitrogen and oxygen atoms in total. The highest BCUT2D eigenvalue weighted by molar-refractivity contribution is 5.88. The first-order valence-corrected chi connectivity index (χ1v) is 6.41. The Hall–Kier alpha value is -2.18. The fourth-order valence-electron chi connectivity index (χ4n) is 1.94. The van der Waals surface area contributed by atoms with Crippen molar-refractivity contribution in [3.05, 3.63) is 24.3 Å². The molecule has 19 heavy (non-hydrogen) atoms. The molecule has 0 unspecified atom stereocenters. The van der Waals surface area contributed by atoms with Gasteiger partial charge in [-0.1, -0.05) is 0 Å². The molecule has 0 radical (unpaired) electrons. The molecule has 1 aliphatic rings. The van der Waals surface area contributed by atoms with E-state index in [-0.39, 0.29) is 5.91 Å². The second-order valence-corrected chi connectivity index (χ2v) is 4.87. The largest absolute Gasteiger partial charge is 0.297 e. The van der Waals surface area contributed by atoms with Gasteiger partial charge in [0.1, 0.15) is 6.33 Å². The van der Waals surface area contributed by atoms with Gasteiger partial charge in [-0.05, 0) is 25.3 Å². The van der Waals surface area contributed by atoms with Crippen molar-refractivity contribution in [2.45, 2.75) is 38.8 Å². The average Bonchev–Trinajstić information content (AvgIpc) is 2.99. The number of rotatable bonds is 5. The highest BCUT2D eigenvalue weighted by Crippen LogP contribution is 2.36. The first-order valence-electron chi connectivity index (χ1n) is 6.41. The maximum atomic E-state index is 11.9. The third kappa shape index (κ3) is 2.81. The minimum absolute atomic E-state index is 0.0666. The monoisotopic (exact) mass is 260 g/mol. The Kier molecular flexibility index (Phi) is 3.02. The summed E-state index contributed by atoms with van der Waals surface area (Å²) in [6, 6.07) is 0.457. The number of amides is 1. The van der Waals surface area contributed by atoms with Crippen LogP contribution >= 0.6 is 0 Å². The molecule has 1 fully saturated rings. The highest BCUT2D eigenvalue weighted by Gasteiger charge is 2.26. The lowest BCUT2D eigenvalue weighted by Gasteiger charge is -2.06. The van der Waals surface area contributed by atoms with E-state index >= 15 is 0 Å². The Morgan fingerprint density at radius 1 is 1.53 bits per heavy atom. The van der Waals surface area contributed by atoms with Crippen LogP contribution in [0.25, 0.3) is 0 Å².